The molecule has 41 heavy (non-hydrogen) atoms. The highest BCUT2D eigenvalue weighted by Gasteiger charge is 2.26. The van der Waals surface area contributed by atoms with E-state index in [1.54, 1.807) is 12.3 Å². The van der Waals surface area contributed by atoms with Crippen molar-refractivity contribution in [1.29, 1.82) is 0 Å². The third-order valence-corrected chi connectivity index (χ3v) is 7.85. The molecule has 2 aliphatic rings. The van der Waals surface area contributed by atoms with Crippen LogP contribution in [0, 0.1) is 0 Å². The zero-order valence-electron chi connectivity index (χ0n) is 22.6. The van der Waals surface area contributed by atoms with Gasteiger partial charge in [0.25, 0.3) is 5.91 Å². The number of carbonyl (C=O) groups is 3. The Kier molecular flexibility index (Phi) is 9.11. The van der Waals surface area contributed by atoms with Gasteiger partial charge in [-0.05, 0) is 55.2 Å². The van der Waals surface area contributed by atoms with Crippen LogP contribution in [0.1, 0.15) is 63.3 Å². The van der Waals surface area contributed by atoms with E-state index in [-0.39, 0.29) is 17.7 Å². The number of carbonyl (C=O) groups excluding carboxylic acids is 3. The zero-order valence-corrected chi connectivity index (χ0v) is 24.2. The minimum Gasteiger partial charge on any atom is -0.488 e. The van der Waals surface area contributed by atoms with Crippen LogP contribution < -0.4 is 10.1 Å². The predicted molar refractivity (Wildman–Crippen MR) is 163 cm³/mol. The van der Waals surface area contributed by atoms with Gasteiger partial charge in [0.1, 0.15) is 12.4 Å². The Bertz CT molecular complexity index is 1610. The van der Waals surface area contributed by atoms with E-state index in [0.717, 1.165) is 34.1 Å². The van der Waals surface area contributed by atoms with Crippen molar-refractivity contribution in [2.45, 2.75) is 43.2 Å². The second-order valence-electron chi connectivity index (χ2n) is 10.1. The number of piperidine rings is 1. The van der Waals surface area contributed by atoms with Crippen molar-refractivity contribution < 1.29 is 19.1 Å². The zero-order chi connectivity index (χ0) is 28.8. The van der Waals surface area contributed by atoms with E-state index in [2.05, 4.69) is 57.4 Å². The summed E-state index contributed by atoms with van der Waals surface area (Å²) in [5.41, 5.74) is 5.73. The number of aliphatic imine (C=N–C) groups is 1. The number of nitrogens with zero attached hydrogens (tertiary/aromatic N) is 2. The highest BCUT2D eigenvalue weighted by molar-refractivity contribution is 9.09. The van der Waals surface area contributed by atoms with Crippen LogP contribution in [-0.4, -0.2) is 41.8 Å². The number of aromatic nitrogens is 1. The summed E-state index contributed by atoms with van der Waals surface area (Å²) >= 11 is 3.56. The normalized spacial score (nSPS) is 18.2. The van der Waals surface area contributed by atoms with E-state index in [9.17, 15) is 14.4 Å². The van der Waals surface area contributed by atoms with Gasteiger partial charge >= 0.3 is 0 Å². The van der Waals surface area contributed by atoms with Crippen LogP contribution in [0.4, 0.5) is 0 Å². The van der Waals surface area contributed by atoms with Crippen molar-refractivity contribution in [2.75, 3.05) is 6.54 Å². The summed E-state index contributed by atoms with van der Waals surface area (Å²) in [6, 6.07) is 25.5. The number of nitrogens with one attached hydrogen (secondary N) is 1. The maximum absolute atomic E-state index is 11.6. The summed E-state index contributed by atoms with van der Waals surface area (Å²) in [4.78, 5) is 42.2. The first kappa shape index (κ1) is 28.5. The number of ketones is 1. The maximum atomic E-state index is 11.6. The number of hydrogen-bond donors (Lipinski definition) is 1. The van der Waals surface area contributed by atoms with E-state index in [0.29, 0.717) is 47.9 Å². The molecule has 1 amide bonds. The Balaban J connectivity index is 0.000000165. The molecule has 8 heteroatoms. The third-order valence-electron chi connectivity index (χ3n) is 7.32. The van der Waals surface area contributed by atoms with Crippen molar-refractivity contribution in [2.24, 2.45) is 4.99 Å². The standard InChI is InChI=1S/C17H14BrNO2.C16H16N2O2/c1-11(18)13-5-2-4-12(8-13)10-21-16-7-3-6-14-15(16)9-19-17(14)20;19-10-16(20)15-8-6-12(9-17-15)14-7-5-11-3-1-2-4-13(11)18-14/h2-9,11H,10H2,1H3;1-5,7,10,12,15,17H,6,8-9H2. The summed E-state index contributed by atoms with van der Waals surface area (Å²) < 4.78 is 5.86. The van der Waals surface area contributed by atoms with Gasteiger partial charge in [0.2, 0.25) is 5.78 Å². The van der Waals surface area contributed by atoms with Crippen LogP contribution in [0.5, 0.6) is 5.75 Å². The molecule has 0 radical (unpaired) electrons. The molecule has 3 heterocycles. The largest absolute Gasteiger partial charge is 0.488 e. The summed E-state index contributed by atoms with van der Waals surface area (Å²) in [5, 5.41) is 4.28. The highest BCUT2D eigenvalue weighted by atomic mass is 79.9. The number of fused-ring (bicyclic) bond motifs is 2. The number of pyridine rings is 1. The van der Waals surface area contributed by atoms with E-state index in [4.69, 9.17) is 9.72 Å². The Hall–Kier alpha value is -4.01. The number of para-hydroxylation sites is 1. The average Bonchev–Trinajstić information content (AvgIpc) is 3.41. The van der Waals surface area contributed by atoms with Crippen LogP contribution in [-0.2, 0) is 16.2 Å². The van der Waals surface area contributed by atoms with Gasteiger partial charge in [0.05, 0.1) is 17.1 Å². The Labute approximate surface area is 247 Å². The number of Topliss-reactive ketones (excluding diaryl/α,β-unsaturated/α-hetero) is 1. The summed E-state index contributed by atoms with van der Waals surface area (Å²) in [5.74, 6) is 0.440. The molecule has 1 aromatic heterocycles. The number of alkyl halides is 1. The minimum absolute atomic E-state index is 0.203. The van der Waals surface area contributed by atoms with E-state index < -0.39 is 0 Å². The number of rotatable bonds is 7. The van der Waals surface area contributed by atoms with Crippen LogP contribution in [0.25, 0.3) is 10.9 Å². The Morgan fingerprint density at radius 1 is 1.07 bits per heavy atom. The molecule has 0 bridgehead atoms. The lowest BCUT2D eigenvalue weighted by molar-refractivity contribution is -0.131. The summed E-state index contributed by atoms with van der Waals surface area (Å²) in [7, 11) is 0. The SMILES string of the molecule is CC(Br)c1cccc(COc2cccc3c2C=NC3=O)c1.O=CC(=O)C1CCC(c2ccc3ccccc3n2)CN1. The molecule has 1 fully saturated rings. The van der Waals surface area contributed by atoms with Gasteiger partial charge < -0.3 is 10.1 Å². The lowest BCUT2D eigenvalue weighted by Gasteiger charge is -2.27. The van der Waals surface area contributed by atoms with Gasteiger partial charge in [-0.15, -0.1) is 0 Å². The van der Waals surface area contributed by atoms with Crippen LogP contribution in [0.3, 0.4) is 0 Å². The first-order valence-corrected chi connectivity index (χ1v) is 14.5. The van der Waals surface area contributed by atoms with Crippen molar-refractivity contribution in [3.8, 4) is 5.75 Å². The molecule has 0 aliphatic carbocycles. The Morgan fingerprint density at radius 3 is 2.68 bits per heavy atom. The van der Waals surface area contributed by atoms with Crippen molar-refractivity contribution in [3.63, 3.8) is 0 Å². The molecule has 1 saturated heterocycles. The lowest BCUT2D eigenvalue weighted by atomic mass is 9.90. The molecule has 1 N–H and O–H groups in total. The van der Waals surface area contributed by atoms with Crippen molar-refractivity contribution in [3.05, 3.63) is 107 Å². The third kappa shape index (κ3) is 6.84. The van der Waals surface area contributed by atoms with Gasteiger partial charge in [-0.3, -0.25) is 19.4 Å². The number of halogens is 1. The molecule has 7 nitrogen and oxygen atoms in total. The first-order valence-electron chi connectivity index (χ1n) is 13.6. The fraction of sp³-hybridized carbons (Fsp3) is 0.242. The van der Waals surface area contributed by atoms with Crippen LogP contribution in [0.15, 0.2) is 83.9 Å². The van der Waals surface area contributed by atoms with Crippen molar-refractivity contribution >= 4 is 51.0 Å². The molecule has 2 aliphatic heterocycles. The van der Waals surface area contributed by atoms with Gasteiger partial charge in [0.15, 0.2) is 6.29 Å². The van der Waals surface area contributed by atoms with Gasteiger partial charge in [-0.1, -0.05) is 70.5 Å². The average molecular weight is 613 g/mol. The second kappa shape index (κ2) is 13.1. The molecule has 208 valence electrons. The summed E-state index contributed by atoms with van der Waals surface area (Å²) in [6.07, 6.45) is 3.55. The first-order chi connectivity index (χ1) is 19.9. The molecular formula is C33H30BrN3O4. The van der Waals surface area contributed by atoms with Crippen molar-refractivity contribution in [1.82, 2.24) is 10.3 Å². The number of benzene rings is 3. The van der Waals surface area contributed by atoms with Gasteiger partial charge in [0, 0.05) is 40.1 Å². The fourth-order valence-corrected chi connectivity index (χ4v) is 5.30. The van der Waals surface area contributed by atoms with E-state index in [1.807, 2.05) is 48.5 Å². The molecule has 3 unspecified atom stereocenters. The molecule has 4 aromatic rings. The number of ether oxygens (including phenoxy) is 1. The monoisotopic (exact) mass is 611 g/mol. The fourth-order valence-electron chi connectivity index (χ4n) is 5.02. The minimum atomic E-state index is -0.352. The number of aldehydes is 1. The second-order valence-corrected chi connectivity index (χ2v) is 11.5. The molecule has 3 aromatic carbocycles. The highest BCUT2D eigenvalue weighted by Crippen LogP contribution is 2.28. The molecule has 6 rings (SSSR count). The number of hydrogen-bond acceptors (Lipinski definition) is 6. The van der Waals surface area contributed by atoms with Crippen LogP contribution in [0.2, 0.25) is 0 Å². The Morgan fingerprint density at radius 2 is 1.90 bits per heavy atom. The molecule has 0 saturated carbocycles. The quantitative estimate of drug-likeness (QED) is 0.153. The maximum Gasteiger partial charge on any atom is 0.277 e. The lowest BCUT2D eigenvalue weighted by Crippen LogP contribution is -2.43. The van der Waals surface area contributed by atoms with E-state index >= 15 is 0 Å². The predicted octanol–water partition coefficient (Wildman–Crippen LogP) is 6.13. The summed E-state index contributed by atoms with van der Waals surface area (Å²) in [6.45, 7) is 3.24. The van der Waals surface area contributed by atoms with E-state index in [1.165, 1.54) is 5.56 Å². The molecule has 0 spiro atoms. The van der Waals surface area contributed by atoms with Gasteiger partial charge in [-0.25, -0.2) is 4.99 Å². The van der Waals surface area contributed by atoms with Crippen LogP contribution >= 0.6 is 15.9 Å². The smallest absolute Gasteiger partial charge is 0.277 e. The topological polar surface area (TPSA) is 97.7 Å². The number of amides is 1. The molecular weight excluding hydrogens is 582 g/mol. The molecule has 3 atom stereocenters. The van der Waals surface area contributed by atoms with Gasteiger partial charge in [-0.2, -0.15) is 0 Å².